The van der Waals surface area contributed by atoms with Crippen LogP contribution in [-0.2, 0) is 38.5 Å². The number of hydrogen-bond donors (Lipinski definition) is 3. The van der Waals surface area contributed by atoms with Gasteiger partial charge in [0.2, 0.25) is 0 Å². The third-order valence-electron chi connectivity index (χ3n) is 6.27. The van der Waals surface area contributed by atoms with E-state index in [4.69, 9.17) is 0 Å². The van der Waals surface area contributed by atoms with Gasteiger partial charge in [-0.15, -0.1) is 0 Å². The molecule has 0 saturated carbocycles. The van der Waals surface area contributed by atoms with Crippen LogP contribution < -0.4 is 16.0 Å². The molecule has 0 bridgehead atoms. The molecule has 3 nitrogen and oxygen atoms in total. The van der Waals surface area contributed by atoms with Crippen LogP contribution >= 0.6 is 0 Å². The molecule has 0 aliphatic heterocycles. The first-order valence-corrected chi connectivity index (χ1v) is 12.6. The molecule has 0 saturated heterocycles. The minimum absolute atomic E-state index is 0.955. The molecule has 0 spiro atoms. The van der Waals surface area contributed by atoms with E-state index in [0.717, 1.165) is 64.7 Å². The average molecular weight is 424 g/mol. The van der Waals surface area contributed by atoms with Gasteiger partial charge in [0.05, 0.1) is 0 Å². The Balaban J connectivity index is 1.84. The Morgan fingerprint density at radius 3 is 1.03 bits per heavy atom. The van der Waals surface area contributed by atoms with Crippen molar-refractivity contribution in [2.75, 3.05) is 36.8 Å². The topological polar surface area (TPSA) is 36.1 Å². The molecule has 0 aliphatic rings. The molecule has 2 aromatic rings. The Morgan fingerprint density at radius 2 is 0.774 bits per heavy atom. The Kier molecular flexibility index (Phi) is 10.9. The molecule has 3 heteroatoms. The van der Waals surface area contributed by atoms with Crippen molar-refractivity contribution < 1.29 is 0 Å². The summed E-state index contributed by atoms with van der Waals surface area (Å²) in [7, 11) is 0. The van der Waals surface area contributed by atoms with Gasteiger partial charge >= 0.3 is 0 Å². The van der Waals surface area contributed by atoms with Crippen LogP contribution in [0.25, 0.3) is 0 Å². The summed E-state index contributed by atoms with van der Waals surface area (Å²) in [5.41, 5.74) is 11.4. The van der Waals surface area contributed by atoms with Gasteiger partial charge in [-0.2, -0.15) is 0 Å². The number of aryl methyl sites for hydroxylation is 6. The Hall–Kier alpha value is -2.00. The van der Waals surface area contributed by atoms with E-state index in [1.807, 2.05) is 0 Å². The summed E-state index contributed by atoms with van der Waals surface area (Å²) in [5.74, 6) is 0. The van der Waals surface area contributed by atoms with Crippen LogP contribution in [0.2, 0.25) is 0 Å². The molecule has 0 atom stereocenters. The van der Waals surface area contributed by atoms with Gasteiger partial charge in [0.25, 0.3) is 0 Å². The van der Waals surface area contributed by atoms with Crippen molar-refractivity contribution in [2.24, 2.45) is 0 Å². The van der Waals surface area contributed by atoms with Crippen LogP contribution in [-0.4, -0.2) is 26.2 Å². The lowest BCUT2D eigenvalue weighted by molar-refractivity contribution is 0.717. The fourth-order valence-electron chi connectivity index (χ4n) is 4.33. The molecule has 0 amide bonds. The van der Waals surface area contributed by atoms with Crippen LogP contribution in [0.15, 0.2) is 24.3 Å². The van der Waals surface area contributed by atoms with Crippen molar-refractivity contribution in [2.45, 2.75) is 80.1 Å². The van der Waals surface area contributed by atoms with E-state index in [-0.39, 0.29) is 0 Å². The Labute approximate surface area is 191 Å². The van der Waals surface area contributed by atoms with Crippen LogP contribution in [0.5, 0.6) is 0 Å². The van der Waals surface area contributed by atoms with Gasteiger partial charge in [0, 0.05) is 37.6 Å². The highest BCUT2D eigenvalue weighted by Gasteiger charge is 2.09. The molecule has 2 aromatic carbocycles. The maximum atomic E-state index is 3.71. The van der Waals surface area contributed by atoms with E-state index < -0.39 is 0 Å². The maximum Gasteiger partial charge on any atom is 0.0405 e. The van der Waals surface area contributed by atoms with E-state index in [1.54, 1.807) is 0 Å². The van der Waals surface area contributed by atoms with Gasteiger partial charge in [-0.05, 0) is 71.9 Å². The van der Waals surface area contributed by atoms with E-state index in [9.17, 15) is 0 Å². The average Bonchev–Trinajstić information content (AvgIpc) is 2.82. The molecule has 2 rings (SSSR count). The monoisotopic (exact) mass is 423 g/mol. The summed E-state index contributed by atoms with van der Waals surface area (Å²) < 4.78 is 0. The zero-order valence-corrected chi connectivity index (χ0v) is 20.9. The largest absolute Gasteiger partial charge is 0.383 e. The first kappa shape index (κ1) is 25.3. The molecule has 0 heterocycles. The summed E-state index contributed by atoms with van der Waals surface area (Å²) in [5, 5.41) is 11.0. The molecular formula is C28H45N3. The molecule has 0 radical (unpaired) electrons. The number of nitrogens with one attached hydrogen (secondary N) is 3. The fourth-order valence-corrected chi connectivity index (χ4v) is 4.33. The number of anilines is 2. The van der Waals surface area contributed by atoms with Gasteiger partial charge in [-0.25, -0.2) is 0 Å². The third-order valence-corrected chi connectivity index (χ3v) is 6.27. The zero-order chi connectivity index (χ0) is 22.6. The second kappa shape index (κ2) is 13.4. The molecule has 172 valence electrons. The molecule has 0 aromatic heterocycles. The van der Waals surface area contributed by atoms with Crippen molar-refractivity contribution in [3.05, 3.63) is 57.6 Å². The highest BCUT2D eigenvalue weighted by molar-refractivity contribution is 5.60. The van der Waals surface area contributed by atoms with Gasteiger partial charge in [0.15, 0.2) is 0 Å². The zero-order valence-electron chi connectivity index (χ0n) is 20.9. The van der Waals surface area contributed by atoms with Crippen LogP contribution in [0.4, 0.5) is 11.4 Å². The first-order valence-electron chi connectivity index (χ1n) is 12.6. The molecular weight excluding hydrogens is 378 g/mol. The van der Waals surface area contributed by atoms with E-state index in [2.05, 4.69) is 81.8 Å². The van der Waals surface area contributed by atoms with Crippen molar-refractivity contribution in [3.8, 4) is 0 Å². The van der Waals surface area contributed by atoms with Crippen molar-refractivity contribution in [1.29, 1.82) is 0 Å². The third kappa shape index (κ3) is 7.00. The van der Waals surface area contributed by atoms with Crippen molar-refractivity contribution in [1.82, 2.24) is 5.32 Å². The predicted molar refractivity (Wildman–Crippen MR) is 139 cm³/mol. The second-order valence-corrected chi connectivity index (χ2v) is 8.30. The number of rotatable bonds is 14. The van der Waals surface area contributed by atoms with E-state index in [1.165, 1.54) is 44.8 Å². The summed E-state index contributed by atoms with van der Waals surface area (Å²) in [6, 6.07) is 9.50. The lowest BCUT2D eigenvalue weighted by Gasteiger charge is -2.19. The van der Waals surface area contributed by atoms with E-state index in [0.29, 0.717) is 0 Å². The lowest BCUT2D eigenvalue weighted by Crippen LogP contribution is -2.28. The highest BCUT2D eigenvalue weighted by Crippen LogP contribution is 2.26. The summed E-state index contributed by atoms with van der Waals surface area (Å²) >= 11 is 0. The van der Waals surface area contributed by atoms with Crippen molar-refractivity contribution in [3.63, 3.8) is 0 Å². The predicted octanol–water partition coefficient (Wildman–Crippen LogP) is 6.17. The SMILES string of the molecule is CCc1cc(CC)c(NCCNCCNc2c(CC)cc(CC)cc2CC)c(CC)c1. The maximum absolute atomic E-state index is 3.71. The Bertz CT molecular complexity index is 692. The van der Waals surface area contributed by atoms with Crippen LogP contribution in [0.1, 0.15) is 74.9 Å². The summed E-state index contributed by atoms with van der Waals surface area (Å²) in [6.07, 6.45) is 6.53. The minimum atomic E-state index is 0.955. The highest BCUT2D eigenvalue weighted by atomic mass is 15.0. The minimum Gasteiger partial charge on any atom is -0.383 e. The quantitative estimate of drug-likeness (QED) is 0.318. The fraction of sp³-hybridized carbons (Fsp3) is 0.571. The molecule has 31 heavy (non-hydrogen) atoms. The van der Waals surface area contributed by atoms with Crippen LogP contribution in [0, 0.1) is 0 Å². The van der Waals surface area contributed by atoms with Gasteiger partial charge in [-0.3, -0.25) is 0 Å². The van der Waals surface area contributed by atoms with Gasteiger partial charge < -0.3 is 16.0 Å². The molecule has 0 aliphatic carbocycles. The second-order valence-electron chi connectivity index (χ2n) is 8.30. The standard InChI is InChI=1S/C28H45N3/c1-7-21-17-23(9-3)27(24(10-4)18-21)30-15-13-29-14-16-31-28-25(11-5)19-22(8-2)20-26(28)12-6/h17-20,29-31H,7-16H2,1-6H3. The van der Waals surface area contributed by atoms with Crippen LogP contribution in [0.3, 0.4) is 0 Å². The van der Waals surface area contributed by atoms with Gasteiger partial charge in [0.1, 0.15) is 0 Å². The Morgan fingerprint density at radius 1 is 0.452 bits per heavy atom. The summed E-state index contributed by atoms with van der Waals surface area (Å²) in [6.45, 7) is 17.4. The molecule has 0 fully saturated rings. The number of benzene rings is 2. The smallest absolute Gasteiger partial charge is 0.0405 e. The summed E-state index contributed by atoms with van der Waals surface area (Å²) in [4.78, 5) is 0. The first-order chi connectivity index (χ1) is 15.1. The van der Waals surface area contributed by atoms with Gasteiger partial charge in [-0.1, -0.05) is 65.8 Å². The molecule has 0 unspecified atom stereocenters. The van der Waals surface area contributed by atoms with E-state index >= 15 is 0 Å². The normalized spacial score (nSPS) is 11.0. The lowest BCUT2D eigenvalue weighted by atomic mass is 9.98. The molecule has 3 N–H and O–H groups in total. The number of hydrogen-bond acceptors (Lipinski definition) is 3. The van der Waals surface area contributed by atoms with Crippen molar-refractivity contribution >= 4 is 11.4 Å².